The van der Waals surface area contributed by atoms with Crippen LogP contribution in [-0.2, 0) is 43.7 Å². The summed E-state index contributed by atoms with van der Waals surface area (Å²) >= 11 is 6.05. The lowest BCUT2D eigenvalue weighted by Gasteiger charge is -2.16. The van der Waals surface area contributed by atoms with Crippen molar-refractivity contribution >= 4 is 44.9 Å². The molecule has 4 heterocycles. The van der Waals surface area contributed by atoms with Crippen molar-refractivity contribution in [2.45, 2.75) is 63.4 Å². The summed E-state index contributed by atoms with van der Waals surface area (Å²) in [4.78, 5) is 33.1. The van der Waals surface area contributed by atoms with Gasteiger partial charge in [0.1, 0.15) is 40.1 Å². The Morgan fingerprint density at radius 1 is 1.10 bits per heavy atom. The van der Waals surface area contributed by atoms with Crippen LogP contribution in [0.15, 0.2) is 71.9 Å². The zero-order valence-electron chi connectivity index (χ0n) is 26.8. The summed E-state index contributed by atoms with van der Waals surface area (Å²) in [5.74, 6) is -1.87. The molecular formula is C35H32ClF3N2O8S. The molecule has 15 heteroatoms. The van der Waals surface area contributed by atoms with Crippen LogP contribution in [0.5, 0.6) is 17.2 Å². The number of alkyl halides is 3. The van der Waals surface area contributed by atoms with Gasteiger partial charge in [-0.3, -0.25) is 14.0 Å². The molecule has 2 aromatic carbocycles. The van der Waals surface area contributed by atoms with Crippen LogP contribution < -0.4 is 4.74 Å². The molecule has 3 aliphatic rings. The summed E-state index contributed by atoms with van der Waals surface area (Å²) in [7, 11) is -1.40. The molecule has 1 aromatic heterocycles. The van der Waals surface area contributed by atoms with E-state index in [-0.39, 0.29) is 52.1 Å². The Balaban J connectivity index is 0.000000194. The van der Waals surface area contributed by atoms with E-state index in [1.807, 2.05) is 30.3 Å². The first-order valence-electron chi connectivity index (χ1n) is 15.4. The zero-order chi connectivity index (χ0) is 36.2. The van der Waals surface area contributed by atoms with Crippen LogP contribution in [0.3, 0.4) is 0 Å². The number of epoxide rings is 1. The fourth-order valence-electron chi connectivity index (χ4n) is 5.25. The van der Waals surface area contributed by atoms with Crippen LogP contribution in [-0.4, -0.2) is 67.3 Å². The second-order valence-electron chi connectivity index (χ2n) is 11.6. The third-order valence-corrected chi connectivity index (χ3v) is 9.54. The predicted octanol–water partition coefficient (Wildman–Crippen LogP) is 6.56. The molecule has 3 aliphatic heterocycles. The third kappa shape index (κ3) is 9.37. The number of allylic oxidation sites excluding steroid dienone is 3. The van der Waals surface area contributed by atoms with Gasteiger partial charge in [-0.15, -0.1) is 0 Å². The second-order valence-corrected chi connectivity index (χ2v) is 13.5. The minimum atomic E-state index is -4.41. The topological polar surface area (TPSA) is 148 Å². The number of aromatic nitrogens is 1. The molecule has 4 atom stereocenters. The number of hydrogen-bond donors (Lipinski definition) is 2. The molecule has 0 aliphatic carbocycles. The van der Waals surface area contributed by atoms with Crippen molar-refractivity contribution in [1.29, 1.82) is 0 Å². The highest BCUT2D eigenvalue weighted by Crippen LogP contribution is 2.38. The predicted molar refractivity (Wildman–Crippen MR) is 180 cm³/mol. The van der Waals surface area contributed by atoms with E-state index in [1.54, 1.807) is 26.0 Å². The molecule has 0 amide bonds. The summed E-state index contributed by atoms with van der Waals surface area (Å²) in [6.07, 6.45) is 3.58. The SMILES string of the molecule is C[C@@H]1C[C@H]2O[C@@H]2/C=C/C=C\C(=O)Cc2c(Cl)c(O)cc(O)c2C(=O)O1.Cc1c(OCC(F)(F)F)ccnc1CS(=O)C1=Nc2ccccc2C1. The highest BCUT2D eigenvalue weighted by Gasteiger charge is 2.38. The number of carbonyl (C=O) groups is 2. The molecule has 1 unspecified atom stereocenters. The van der Waals surface area contributed by atoms with Gasteiger partial charge in [0.15, 0.2) is 12.4 Å². The minimum Gasteiger partial charge on any atom is -0.507 e. The fraction of sp³-hybridized carbons (Fsp3) is 0.314. The fourth-order valence-corrected chi connectivity index (χ4v) is 6.68. The maximum absolute atomic E-state index is 12.6. The van der Waals surface area contributed by atoms with E-state index in [0.29, 0.717) is 29.1 Å². The number of carbonyl (C=O) groups excluding carboxylic acids is 2. The summed E-state index contributed by atoms with van der Waals surface area (Å²) in [6, 6.07) is 9.87. The number of halogens is 4. The number of fused-ring (bicyclic) bond motifs is 3. The van der Waals surface area contributed by atoms with Gasteiger partial charge < -0.3 is 24.4 Å². The normalized spacial score (nSPS) is 21.9. The number of para-hydroxylation sites is 1. The van der Waals surface area contributed by atoms with Crippen LogP contribution in [0.1, 0.15) is 46.1 Å². The molecule has 1 saturated heterocycles. The molecule has 1 fully saturated rings. The number of esters is 1. The van der Waals surface area contributed by atoms with Gasteiger partial charge in [0.25, 0.3) is 0 Å². The summed E-state index contributed by atoms with van der Waals surface area (Å²) < 4.78 is 65.1. The van der Waals surface area contributed by atoms with Crippen LogP contribution in [0.2, 0.25) is 5.02 Å². The quantitative estimate of drug-likeness (QED) is 0.225. The summed E-state index contributed by atoms with van der Waals surface area (Å²) in [5, 5.41) is 20.3. The zero-order valence-corrected chi connectivity index (χ0v) is 28.3. The molecule has 264 valence electrons. The molecule has 6 rings (SSSR count). The molecule has 0 saturated carbocycles. The van der Waals surface area contributed by atoms with Crippen molar-refractivity contribution in [3.8, 4) is 17.2 Å². The first-order valence-corrected chi connectivity index (χ1v) is 17.0. The Morgan fingerprint density at radius 3 is 2.60 bits per heavy atom. The standard InChI is InChI=1S/C18H17ClO6.C17H15F3N2O2S/c1-9-6-15-14(25-15)5-3-2-4-10(20)7-11-16(18(23)24-9)12(21)8-13(22)17(11)19;1-11-14(21-7-6-15(11)24-10-17(18,19)20)9-25(23)16-8-12-4-2-3-5-13(12)22-16/h2-5,8-9,14-15,21-22H,6-7H2,1H3;2-7H,8-10H2,1H3/b4-2-,5-3+;/t9-,14-,15-;/m1./s1. The molecule has 0 radical (unpaired) electrons. The van der Waals surface area contributed by atoms with Gasteiger partial charge in [0, 0.05) is 42.7 Å². The number of nitrogens with zero attached hydrogens (tertiary/aromatic N) is 2. The Labute approximate surface area is 292 Å². The van der Waals surface area contributed by atoms with E-state index in [0.717, 1.165) is 17.3 Å². The van der Waals surface area contributed by atoms with Gasteiger partial charge in [-0.2, -0.15) is 13.2 Å². The van der Waals surface area contributed by atoms with Gasteiger partial charge in [0.05, 0.1) is 39.1 Å². The number of rotatable bonds is 4. The third-order valence-electron chi connectivity index (χ3n) is 7.82. The molecule has 0 bridgehead atoms. The van der Waals surface area contributed by atoms with E-state index in [9.17, 15) is 37.2 Å². The summed E-state index contributed by atoms with van der Waals surface area (Å²) in [6.45, 7) is 1.95. The largest absolute Gasteiger partial charge is 0.507 e. The number of aliphatic imine (C=N–C) groups is 1. The number of hydrogen-bond acceptors (Lipinski definition) is 10. The molecular weight excluding hydrogens is 701 g/mol. The number of phenols is 2. The van der Waals surface area contributed by atoms with Crippen LogP contribution in [0.25, 0.3) is 0 Å². The van der Waals surface area contributed by atoms with Crippen molar-refractivity contribution in [3.63, 3.8) is 0 Å². The average molecular weight is 733 g/mol. The van der Waals surface area contributed by atoms with Crippen LogP contribution in [0, 0.1) is 6.92 Å². The average Bonchev–Trinajstić information content (AvgIpc) is 3.62. The van der Waals surface area contributed by atoms with E-state index in [4.69, 9.17) is 25.8 Å². The van der Waals surface area contributed by atoms with Gasteiger partial charge in [-0.25, -0.2) is 9.79 Å². The Morgan fingerprint density at radius 2 is 1.86 bits per heavy atom. The molecule has 2 N–H and O–H groups in total. The first-order chi connectivity index (χ1) is 23.7. The number of benzene rings is 2. The van der Waals surface area contributed by atoms with Crippen molar-refractivity contribution in [2.75, 3.05) is 6.61 Å². The van der Waals surface area contributed by atoms with E-state index >= 15 is 0 Å². The van der Waals surface area contributed by atoms with Crippen molar-refractivity contribution in [2.24, 2.45) is 4.99 Å². The van der Waals surface area contributed by atoms with E-state index in [2.05, 4.69) is 9.98 Å². The maximum atomic E-state index is 12.6. The molecule has 10 nitrogen and oxygen atoms in total. The summed E-state index contributed by atoms with van der Waals surface area (Å²) in [5.41, 5.74) is 2.54. The number of aromatic hydroxyl groups is 2. The number of ether oxygens (including phenoxy) is 3. The van der Waals surface area contributed by atoms with E-state index in [1.165, 1.54) is 18.3 Å². The monoisotopic (exact) mass is 732 g/mol. The molecule has 3 aromatic rings. The Hall–Kier alpha value is -4.53. The number of pyridine rings is 1. The lowest BCUT2D eigenvalue weighted by atomic mass is 10.00. The lowest BCUT2D eigenvalue weighted by Crippen LogP contribution is -2.20. The Kier molecular flexibility index (Phi) is 11.4. The van der Waals surface area contributed by atoms with Gasteiger partial charge in [-0.05, 0) is 37.6 Å². The highest BCUT2D eigenvalue weighted by atomic mass is 35.5. The van der Waals surface area contributed by atoms with Crippen molar-refractivity contribution in [3.05, 3.63) is 99.9 Å². The highest BCUT2D eigenvalue weighted by molar-refractivity contribution is 8.00. The van der Waals surface area contributed by atoms with Gasteiger partial charge in [0.2, 0.25) is 0 Å². The molecule has 0 spiro atoms. The maximum Gasteiger partial charge on any atom is 0.422 e. The minimum absolute atomic E-state index is 0.0348. The molecule has 50 heavy (non-hydrogen) atoms. The number of phenolic OH excluding ortho intramolecular Hbond substituents is 2. The van der Waals surface area contributed by atoms with E-state index < -0.39 is 47.2 Å². The second kappa shape index (κ2) is 15.6. The number of cyclic esters (lactones) is 1. The van der Waals surface area contributed by atoms with Crippen molar-refractivity contribution in [1.82, 2.24) is 4.98 Å². The Bertz CT molecular complexity index is 1910. The van der Waals surface area contributed by atoms with Crippen LogP contribution >= 0.6 is 11.6 Å². The van der Waals surface area contributed by atoms with Crippen LogP contribution in [0.4, 0.5) is 18.9 Å². The number of ketones is 1. The van der Waals surface area contributed by atoms with Gasteiger partial charge >= 0.3 is 12.1 Å². The lowest BCUT2D eigenvalue weighted by molar-refractivity contribution is -0.153. The first kappa shape index (κ1) is 36.7. The van der Waals surface area contributed by atoms with Crippen molar-refractivity contribution < 1.29 is 51.4 Å². The van der Waals surface area contributed by atoms with Gasteiger partial charge in [-0.1, -0.05) is 48.0 Å². The smallest absolute Gasteiger partial charge is 0.422 e.